The molecule has 0 aliphatic carbocycles. The zero-order valence-corrected chi connectivity index (χ0v) is 16.9. The molecule has 1 saturated heterocycles. The van der Waals surface area contributed by atoms with Gasteiger partial charge in [-0.25, -0.2) is 4.98 Å². The lowest BCUT2D eigenvalue weighted by Gasteiger charge is -2.18. The van der Waals surface area contributed by atoms with Crippen LogP contribution in [-0.2, 0) is 11.3 Å². The van der Waals surface area contributed by atoms with Gasteiger partial charge in [0.2, 0.25) is 5.91 Å². The number of amides is 1. The van der Waals surface area contributed by atoms with Crippen LogP contribution in [0.15, 0.2) is 64.1 Å². The molecule has 3 aromatic rings. The van der Waals surface area contributed by atoms with Crippen molar-refractivity contribution >= 4 is 38.4 Å². The minimum absolute atomic E-state index is 0.0681. The van der Waals surface area contributed by atoms with Gasteiger partial charge in [0, 0.05) is 42.3 Å². The van der Waals surface area contributed by atoms with Gasteiger partial charge in [-0.15, -0.1) is 0 Å². The number of halogens is 1. The van der Waals surface area contributed by atoms with Gasteiger partial charge >= 0.3 is 0 Å². The Morgan fingerprint density at radius 3 is 2.86 bits per heavy atom. The van der Waals surface area contributed by atoms with E-state index in [1.54, 1.807) is 12.1 Å². The number of fused-ring (bicyclic) bond motifs is 1. The van der Waals surface area contributed by atoms with E-state index in [-0.39, 0.29) is 17.5 Å². The van der Waals surface area contributed by atoms with Crippen LogP contribution < -0.4 is 10.9 Å². The molecule has 0 bridgehead atoms. The van der Waals surface area contributed by atoms with E-state index >= 15 is 0 Å². The highest BCUT2D eigenvalue weighted by atomic mass is 79.9. The summed E-state index contributed by atoms with van der Waals surface area (Å²) in [6, 6.07) is 15.7. The lowest BCUT2D eigenvalue weighted by Crippen LogP contribution is -2.33. The van der Waals surface area contributed by atoms with Crippen molar-refractivity contribution in [3.63, 3.8) is 0 Å². The van der Waals surface area contributed by atoms with E-state index in [0.717, 1.165) is 23.1 Å². The van der Waals surface area contributed by atoms with Crippen LogP contribution >= 0.6 is 15.9 Å². The molecule has 0 unspecified atom stereocenters. The molecule has 0 spiro atoms. The first kappa shape index (κ1) is 18.7. The molecule has 1 atom stereocenters. The van der Waals surface area contributed by atoms with Crippen LogP contribution in [0.25, 0.3) is 10.9 Å². The van der Waals surface area contributed by atoms with E-state index in [1.165, 1.54) is 10.9 Å². The summed E-state index contributed by atoms with van der Waals surface area (Å²) in [5, 5.41) is 4.02. The third-order valence-corrected chi connectivity index (χ3v) is 5.53. The fraction of sp³-hybridized carbons (Fsp3) is 0.286. The number of nitrogens with one attached hydrogen (secondary N) is 1. The number of hydrogen-bond donors (Lipinski definition) is 1. The normalized spacial score (nSPS) is 16.5. The second kappa shape index (κ2) is 8.14. The zero-order valence-electron chi connectivity index (χ0n) is 15.3. The van der Waals surface area contributed by atoms with Crippen molar-refractivity contribution in [3.8, 4) is 0 Å². The number of aromatic nitrogens is 2. The van der Waals surface area contributed by atoms with Gasteiger partial charge in [-0.1, -0.05) is 34.1 Å². The van der Waals surface area contributed by atoms with Crippen molar-refractivity contribution in [2.75, 3.05) is 18.4 Å². The van der Waals surface area contributed by atoms with E-state index in [0.29, 0.717) is 30.4 Å². The van der Waals surface area contributed by atoms with Gasteiger partial charge < -0.3 is 10.2 Å². The molecule has 2 heterocycles. The minimum atomic E-state index is -0.121. The zero-order chi connectivity index (χ0) is 19.5. The van der Waals surface area contributed by atoms with Gasteiger partial charge in [0.25, 0.3) is 5.56 Å². The van der Waals surface area contributed by atoms with Gasteiger partial charge in [-0.3, -0.25) is 14.2 Å². The summed E-state index contributed by atoms with van der Waals surface area (Å²) in [6.07, 6.45) is 2.74. The predicted molar refractivity (Wildman–Crippen MR) is 113 cm³/mol. The Bertz CT molecular complexity index is 1050. The first-order valence-electron chi connectivity index (χ1n) is 9.34. The molecule has 1 N–H and O–H groups in total. The lowest BCUT2D eigenvalue weighted by molar-refractivity contribution is -0.130. The Labute approximate surface area is 171 Å². The highest BCUT2D eigenvalue weighted by Crippen LogP contribution is 2.17. The van der Waals surface area contributed by atoms with E-state index < -0.39 is 0 Å². The summed E-state index contributed by atoms with van der Waals surface area (Å²) in [5.74, 6) is 0.0681. The maximum absolute atomic E-state index is 12.6. The second-order valence-electron chi connectivity index (χ2n) is 6.99. The van der Waals surface area contributed by atoms with E-state index in [9.17, 15) is 9.59 Å². The van der Waals surface area contributed by atoms with Gasteiger partial charge in [-0.05, 0) is 36.8 Å². The Morgan fingerprint density at radius 2 is 2.04 bits per heavy atom. The molecule has 1 fully saturated rings. The first-order chi connectivity index (χ1) is 13.6. The van der Waals surface area contributed by atoms with Crippen LogP contribution in [0, 0.1) is 0 Å². The van der Waals surface area contributed by atoms with Gasteiger partial charge in [0.1, 0.15) is 0 Å². The SMILES string of the molecule is O=C(CCn1cnc2ccc(Br)cc2c1=O)N1CC[C@@H](Nc2ccccc2)C1. The van der Waals surface area contributed by atoms with Crippen molar-refractivity contribution in [1.29, 1.82) is 0 Å². The molecule has 1 aliphatic heterocycles. The molecule has 2 aromatic carbocycles. The Morgan fingerprint density at radius 1 is 1.21 bits per heavy atom. The van der Waals surface area contributed by atoms with Crippen molar-refractivity contribution in [2.45, 2.75) is 25.4 Å². The molecule has 1 aromatic heterocycles. The first-order valence-corrected chi connectivity index (χ1v) is 10.1. The summed E-state index contributed by atoms with van der Waals surface area (Å²) in [4.78, 5) is 31.4. The van der Waals surface area contributed by atoms with E-state index in [4.69, 9.17) is 0 Å². The average molecular weight is 441 g/mol. The number of hydrogen-bond acceptors (Lipinski definition) is 4. The van der Waals surface area contributed by atoms with Gasteiger partial charge in [-0.2, -0.15) is 0 Å². The molecule has 144 valence electrons. The summed E-state index contributed by atoms with van der Waals surface area (Å²) >= 11 is 3.38. The highest BCUT2D eigenvalue weighted by Gasteiger charge is 2.25. The van der Waals surface area contributed by atoms with Crippen LogP contribution in [0.5, 0.6) is 0 Å². The lowest BCUT2D eigenvalue weighted by atomic mass is 10.2. The van der Waals surface area contributed by atoms with Crippen molar-refractivity contribution in [3.05, 3.63) is 69.7 Å². The topological polar surface area (TPSA) is 67.2 Å². The van der Waals surface area contributed by atoms with Crippen molar-refractivity contribution in [2.24, 2.45) is 0 Å². The van der Waals surface area contributed by atoms with Crippen LogP contribution in [0.3, 0.4) is 0 Å². The summed E-state index contributed by atoms with van der Waals surface area (Å²) < 4.78 is 2.35. The monoisotopic (exact) mass is 440 g/mol. The Hall–Kier alpha value is -2.67. The Balaban J connectivity index is 1.36. The smallest absolute Gasteiger partial charge is 0.261 e. The molecule has 7 heteroatoms. The van der Waals surface area contributed by atoms with Crippen molar-refractivity contribution in [1.82, 2.24) is 14.5 Å². The predicted octanol–water partition coefficient (Wildman–Crippen LogP) is 3.26. The third-order valence-electron chi connectivity index (χ3n) is 5.04. The number of aryl methyl sites for hydroxylation is 1. The molecular formula is C21H21BrN4O2. The van der Waals surface area contributed by atoms with Crippen molar-refractivity contribution < 1.29 is 4.79 Å². The molecule has 0 radical (unpaired) electrons. The van der Waals surface area contributed by atoms with E-state index in [2.05, 4.69) is 26.2 Å². The number of carbonyl (C=O) groups is 1. The van der Waals surface area contributed by atoms with Crippen LogP contribution in [0.1, 0.15) is 12.8 Å². The largest absolute Gasteiger partial charge is 0.380 e. The Kier molecular flexibility index (Phi) is 5.43. The number of para-hydroxylation sites is 1. The highest BCUT2D eigenvalue weighted by molar-refractivity contribution is 9.10. The number of carbonyl (C=O) groups excluding carboxylic acids is 1. The number of nitrogens with zero attached hydrogens (tertiary/aromatic N) is 3. The molecule has 1 aliphatic rings. The molecule has 4 rings (SSSR count). The number of likely N-dealkylation sites (tertiary alicyclic amines) is 1. The maximum Gasteiger partial charge on any atom is 0.261 e. The van der Waals surface area contributed by atoms with Crippen LogP contribution in [0.4, 0.5) is 5.69 Å². The third kappa shape index (κ3) is 4.09. The summed E-state index contributed by atoms with van der Waals surface area (Å²) in [6.45, 7) is 1.76. The van der Waals surface area contributed by atoms with Crippen LogP contribution in [0.2, 0.25) is 0 Å². The van der Waals surface area contributed by atoms with Crippen LogP contribution in [-0.4, -0.2) is 39.5 Å². The van der Waals surface area contributed by atoms with E-state index in [1.807, 2.05) is 41.3 Å². The molecule has 0 saturated carbocycles. The number of benzene rings is 2. The molecule has 28 heavy (non-hydrogen) atoms. The molecule has 6 nitrogen and oxygen atoms in total. The average Bonchev–Trinajstić information content (AvgIpc) is 3.17. The maximum atomic E-state index is 12.6. The van der Waals surface area contributed by atoms with Gasteiger partial charge in [0.15, 0.2) is 0 Å². The summed E-state index contributed by atoms with van der Waals surface area (Å²) in [5.41, 5.74) is 1.61. The fourth-order valence-corrected chi connectivity index (χ4v) is 3.90. The standard InChI is InChI=1S/C21H21BrN4O2/c22-15-6-7-19-18(12-15)21(28)26(14-23-19)11-9-20(27)25-10-8-17(13-25)24-16-4-2-1-3-5-16/h1-7,12,14,17,24H,8-11,13H2/t17-/m1/s1. The number of anilines is 1. The molecule has 1 amide bonds. The number of rotatable bonds is 5. The molecular weight excluding hydrogens is 420 g/mol. The fourth-order valence-electron chi connectivity index (χ4n) is 3.54. The van der Waals surface area contributed by atoms with Gasteiger partial charge in [0.05, 0.1) is 17.2 Å². The quantitative estimate of drug-likeness (QED) is 0.660. The second-order valence-corrected chi connectivity index (χ2v) is 7.91. The summed E-state index contributed by atoms with van der Waals surface area (Å²) in [7, 11) is 0. The minimum Gasteiger partial charge on any atom is -0.380 e.